The van der Waals surface area contributed by atoms with E-state index in [1.54, 1.807) is 12.1 Å². The van der Waals surface area contributed by atoms with E-state index in [1.165, 1.54) is 12.1 Å². The number of esters is 1. The van der Waals surface area contributed by atoms with Gasteiger partial charge < -0.3 is 10.3 Å². The third-order valence-electron chi connectivity index (χ3n) is 1.80. The Hall–Kier alpha value is -1.53. The molecule has 1 aromatic carbocycles. The monoisotopic (exact) mass is 330 g/mol. The molecule has 0 aliphatic carbocycles. The summed E-state index contributed by atoms with van der Waals surface area (Å²) in [6.07, 6.45) is 0. The zero-order valence-electron chi connectivity index (χ0n) is 8.31. The molecule has 0 amide bonds. The highest BCUT2D eigenvalue weighted by atomic mass is 127. The molecule has 0 atom stereocenters. The average Bonchev–Trinajstić information content (AvgIpc) is 2.30. The number of carbonyl (C=O) groups is 2. The Labute approximate surface area is 105 Å². The highest BCUT2D eigenvalue weighted by Crippen LogP contribution is 2.08. The summed E-state index contributed by atoms with van der Waals surface area (Å²) >= 11 is 2.08. The molecule has 1 aromatic rings. The molecule has 0 radical (unpaired) electrons. The van der Waals surface area contributed by atoms with Crippen LogP contribution in [0.5, 0.6) is 0 Å². The van der Waals surface area contributed by atoms with Gasteiger partial charge in [-0.3, -0.25) is 4.79 Å². The first-order valence-corrected chi connectivity index (χ1v) is 5.28. The maximum absolute atomic E-state index is 11.7. The predicted molar refractivity (Wildman–Crippen MR) is 64.1 cm³/mol. The van der Waals surface area contributed by atoms with E-state index in [0.29, 0.717) is 0 Å². The van der Waals surface area contributed by atoms with Crippen LogP contribution in [-0.2, 0) is 9.53 Å². The molecule has 82 valence electrons. The van der Waals surface area contributed by atoms with E-state index in [2.05, 4.69) is 32.1 Å². The number of ether oxygens (including phenoxy) is 1. The van der Waals surface area contributed by atoms with Crippen LogP contribution in [0.2, 0.25) is 0 Å². The van der Waals surface area contributed by atoms with Crippen LogP contribution < -0.4 is 0 Å². The van der Waals surface area contributed by atoms with Crippen LogP contribution in [0.4, 0.5) is 0 Å². The lowest BCUT2D eigenvalue weighted by Gasteiger charge is -1.96. The Balaban J connectivity index is 3.06. The van der Waals surface area contributed by atoms with Crippen molar-refractivity contribution < 1.29 is 19.1 Å². The van der Waals surface area contributed by atoms with Crippen molar-refractivity contribution in [1.29, 1.82) is 0 Å². The molecular formula is C10H7IN2O3. The van der Waals surface area contributed by atoms with Crippen LogP contribution in [0.25, 0.3) is 5.53 Å². The van der Waals surface area contributed by atoms with E-state index < -0.39 is 17.5 Å². The standard InChI is InChI=1S/C10H7IN2O3/c1-16-10(15)8(13-12)9(14)6-2-4-7(11)5-3-6/h2-5H,1H3. The van der Waals surface area contributed by atoms with Crippen LogP contribution in [0.1, 0.15) is 10.4 Å². The lowest BCUT2D eigenvalue weighted by molar-refractivity contribution is -0.137. The molecule has 0 heterocycles. The molecule has 0 aromatic heterocycles. The lowest BCUT2D eigenvalue weighted by atomic mass is 10.1. The van der Waals surface area contributed by atoms with Gasteiger partial charge in [0.15, 0.2) is 0 Å². The van der Waals surface area contributed by atoms with Gasteiger partial charge in [-0.05, 0) is 46.9 Å². The van der Waals surface area contributed by atoms with Gasteiger partial charge >= 0.3 is 11.7 Å². The summed E-state index contributed by atoms with van der Waals surface area (Å²) in [6, 6.07) is 6.50. The molecule has 0 unspecified atom stereocenters. The molecule has 0 spiro atoms. The average molecular weight is 330 g/mol. The second kappa shape index (κ2) is 5.53. The number of hydrogen-bond acceptors (Lipinski definition) is 3. The van der Waals surface area contributed by atoms with Gasteiger partial charge in [0.2, 0.25) is 0 Å². The van der Waals surface area contributed by atoms with Crippen molar-refractivity contribution in [2.45, 2.75) is 0 Å². The van der Waals surface area contributed by atoms with Crippen LogP contribution in [0.15, 0.2) is 24.3 Å². The Kier molecular flexibility index (Phi) is 4.33. The molecule has 0 aliphatic heterocycles. The maximum Gasteiger partial charge on any atom is 0.446 e. The fourth-order valence-corrected chi connectivity index (χ4v) is 1.37. The number of rotatable bonds is 3. The molecule has 1 rings (SSSR count). The molecule has 0 saturated carbocycles. The van der Waals surface area contributed by atoms with Crippen molar-refractivity contribution in [3.63, 3.8) is 0 Å². The maximum atomic E-state index is 11.7. The van der Waals surface area contributed by atoms with Crippen molar-refractivity contribution >= 4 is 40.1 Å². The smallest absolute Gasteiger partial charge is 0.446 e. The van der Waals surface area contributed by atoms with E-state index in [4.69, 9.17) is 5.53 Å². The van der Waals surface area contributed by atoms with Crippen LogP contribution in [0, 0.1) is 3.57 Å². The van der Waals surface area contributed by atoms with Crippen molar-refractivity contribution in [3.8, 4) is 0 Å². The first kappa shape index (κ1) is 12.5. The largest absolute Gasteiger partial charge is 0.460 e. The summed E-state index contributed by atoms with van der Waals surface area (Å²) in [5.74, 6) is -1.64. The Morgan fingerprint density at radius 2 is 1.88 bits per heavy atom. The van der Waals surface area contributed by atoms with E-state index in [1.807, 2.05) is 0 Å². The van der Waals surface area contributed by atoms with Gasteiger partial charge in [-0.1, -0.05) is 0 Å². The van der Waals surface area contributed by atoms with E-state index >= 15 is 0 Å². The SMILES string of the molecule is COC(=O)C(=[N+]=[N-])C(=O)c1ccc(I)cc1. The summed E-state index contributed by atoms with van der Waals surface area (Å²) in [4.78, 5) is 25.4. The van der Waals surface area contributed by atoms with Crippen molar-refractivity contribution in [1.82, 2.24) is 0 Å². The molecule has 0 N–H and O–H groups in total. The normalized spacial score (nSPS) is 9.12. The Morgan fingerprint density at radius 1 is 1.31 bits per heavy atom. The van der Waals surface area contributed by atoms with E-state index in [9.17, 15) is 9.59 Å². The third-order valence-corrected chi connectivity index (χ3v) is 2.52. The van der Waals surface area contributed by atoms with Gasteiger partial charge in [0.05, 0.1) is 7.11 Å². The zero-order chi connectivity index (χ0) is 12.1. The number of benzene rings is 1. The minimum atomic E-state index is -0.967. The van der Waals surface area contributed by atoms with Gasteiger partial charge in [-0.2, -0.15) is 4.79 Å². The second-order valence-electron chi connectivity index (χ2n) is 2.78. The van der Waals surface area contributed by atoms with Crippen molar-refractivity contribution in [2.75, 3.05) is 7.11 Å². The lowest BCUT2D eigenvalue weighted by Crippen LogP contribution is -2.26. The van der Waals surface area contributed by atoms with Crippen molar-refractivity contribution in [2.24, 2.45) is 0 Å². The number of nitrogens with zero attached hydrogens (tertiary/aromatic N) is 2. The zero-order valence-corrected chi connectivity index (χ0v) is 10.5. The number of Topliss-reactive ketones (excluding diaryl/α,β-unsaturated/α-hetero) is 1. The molecule has 0 bridgehead atoms. The van der Waals surface area contributed by atoms with Gasteiger partial charge in [0.1, 0.15) is 0 Å². The number of methoxy groups -OCH3 is 1. The summed E-state index contributed by atoms with van der Waals surface area (Å²) in [5.41, 5.74) is 8.21. The number of hydrogen-bond donors (Lipinski definition) is 0. The highest BCUT2D eigenvalue weighted by Gasteiger charge is 2.31. The summed E-state index contributed by atoms with van der Waals surface area (Å²) < 4.78 is 5.27. The molecule has 0 fully saturated rings. The van der Waals surface area contributed by atoms with Crippen LogP contribution in [-0.4, -0.2) is 29.4 Å². The third kappa shape index (κ3) is 2.74. The first-order valence-electron chi connectivity index (χ1n) is 4.20. The van der Waals surface area contributed by atoms with Gasteiger partial charge in [0.25, 0.3) is 5.78 Å². The summed E-state index contributed by atoms with van der Waals surface area (Å²) in [5, 5.41) is 0. The molecule has 16 heavy (non-hydrogen) atoms. The van der Waals surface area contributed by atoms with Gasteiger partial charge in [-0.25, -0.2) is 4.79 Å². The van der Waals surface area contributed by atoms with Crippen molar-refractivity contribution in [3.05, 3.63) is 38.9 Å². The highest BCUT2D eigenvalue weighted by molar-refractivity contribution is 14.1. The Morgan fingerprint density at radius 3 is 2.31 bits per heavy atom. The molecule has 5 nitrogen and oxygen atoms in total. The minimum Gasteiger partial charge on any atom is -0.460 e. The molecule has 0 saturated heterocycles. The number of ketones is 1. The molecular weight excluding hydrogens is 323 g/mol. The molecule has 6 heteroatoms. The molecule has 0 aliphatic rings. The number of carbonyl (C=O) groups excluding carboxylic acids is 2. The summed E-state index contributed by atoms with van der Waals surface area (Å²) in [7, 11) is 1.11. The van der Waals surface area contributed by atoms with E-state index in [-0.39, 0.29) is 5.56 Å². The minimum absolute atomic E-state index is 0.263. The van der Waals surface area contributed by atoms with Crippen LogP contribution in [0.3, 0.4) is 0 Å². The number of halogens is 1. The van der Waals surface area contributed by atoms with Crippen LogP contribution >= 0.6 is 22.6 Å². The van der Waals surface area contributed by atoms with Gasteiger partial charge in [0, 0.05) is 9.13 Å². The summed E-state index contributed by atoms with van der Waals surface area (Å²) in [6.45, 7) is 0. The first-order chi connectivity index (χ1) is 7.60. The van der Waals surface area contributed by atoms with Gasteiger partial charge in [-0.15, -0.1) is 0 Å². The Bertz CT molecular complexity index is 475. The topological polar surface area (TPSA) is 79.8 Å². The fourth-order valence-electron chi connectivity index (χ4n) is 1.01. The van der Waals surface area contributed by atoms with E-state index in [0.717, 1.165) is 10.7 Å². The fraction of sp³-hybridized carbons (Fsp3) is 0.100. The predicted octanol–water partition coefficient (Wildman–Crippen LogP) is 1.32. The second-order valence-corrected chi connectivity index (χ2v) is 4.02. The quantitative estimate of drug-likeness (QED) is 0.159.